The van der Waals surface area contributed by atoms with Crippen molar-refractivity contribution in [1.29, 1.82) is 0 Å². The molecule has 0 aliphatic carbocycles. The minimum atomic E-state index is -0.309. The van der Waals surface area contributed by atoms with Crippen LogP contribution >= 0.6 is 11.6 Å². The predicted octanol–water partition coefficient (Wildman–Crippen LogP) is 4.04. The summed E-state index contributed by atoms with van der Waals surface area (Å²) in [7, 11) is 0. The van der Waals surface area contributed by atoms with Crippen molar-refractivity contribution in [2.75, 3.05) is 17.2 Å². The van der Waals surface area contributed by atoms with Crippen LogP contribution in [0.5, 0.6) is 0 Å². The molecule has 0 saturated carbocycles. The first-order valence-corrected chi connectivity index (χ1v) is 8.25. The molecule has 1 amide bonds. The van der Waals surface area contributed by atoms with Crippen LogP contribution in [-0.2, 0) is 6.42 Å². The highest BCUT2D eigenvalue weighted by atomic mass is 35.5. The molecule has 25 heavy (non-hydrogen) atoms. The molecule has 0 aliphatic rings. The molecule has 0 radical (unpaired) electrons. The van der Waals surface area contributed by atoms with Gasteiger partial charge in [0.25, 0.3) is 5.91 Å². The third-order valence-electron chi connectivity index (χ3n) is 3.54. The van der Waals surface area contributed by atoms with Gasteiger partial charge in [0.1, 0.15) is 17.8 Å². The second-order valence-electron chi connectivity index (χ2n) is 5.42. The van der Waals surface area contributed by atoms with Gasteiger partial charge in [-0.3, -0.25) is 4.79 Å². The average Bonchev–Trinajstić information content (AvgIpc) is 2.63. The van der Waals surface area contributed by atoms with Gasteiger partial charge in [-0.2, -0.15) is 0 Å². The van der Waals surface area contributed by atoms with Gasteiger partial charge in [-0.05, 0) is 30.2 Å². The molecular formula is C19H17ClN4O. The van der Waals surface area contributed by atoms with Crippen molar-refractivity contribution in [3.05, 3.63) is 83.3 Å². The molecule has 0 spiro atoms. The highest BCUT2D eigenvalue weighted by molar-refractivity contribution is 6.30. The lowest BCUT2D eigenvalue weighted by Crippen LogP contribution is -2.15. The van der Waals surface area contributed by atoms with E-state index in [2.05, 4.69) is 32.7 Å². The zero-order valence-corrected chi connectivity index (χ0v) is 14.2. The number of hydrogen-bond donors (Lipinski definition) is 2. The molecule has 0 aliphatic heterocycles. The van der Waals surface area contributed by atoms with Crippen molar-refractivity contribution >= 4 is 29.0 Å². The molecule has 2 N–H and O–H groups in total. The number of hydrogen-bond acceptors (Lipinski definition) is 4. The molecule has 6 heteroatoms. The van der Waals surface area contributed by atoms with Crippen LogP contribution in [0, 0.1) is 0 Å². The fraction of sp³-hybridized carbons (Fsp3) is 0.105. The van der Waals surface area contributed by atoms with Crippen LogP contribution in [-0.4, -0.2) is 22.4 Å². The molecule has 1 heterocycles. The molecule has 2 aromatic carbocycles. The Morgan fingerprint density at radius 1 is 1.00 bits per heavy atom. The first-order chi connectivity index (χ1) is 12.2. The molecule has 5 nitrogen and oxygen atoms in total. The summed E-state index contributed by atoms with van der Waals surface area (Å²) < 4.78 is 0. The molecule has 0 fully saturated rings. The van der Waals surface area contributed by atoms with Crippen LogP contribution < -0.4 is 10.6 Å². The van der Waals surface area contributed by atoms with Crippen molar-refractivity contribution in [1.82, 2.24) is 9.97 Å². The number of carbonyl (C=O) groups is 1. The average molecular weight is 353 g/mol. The lowest BCUT2D eigenvalue weighted by Gasteiger charge is -2.08. The monoisotopic (exact) mass is 352 g/mol. The summed E-state index contributed by atoms with van der Waals surface area (Å²) in [4.78, 5) is 20.5. The number of nitrogens with zero attached hydrogens (tertiary/aromatic N) is 2. The summed E-state index contributed by atoms with van der Waals surface area (Å²) in [5, 5.41) is 6.53. The Morgan fingerprint density at radius 3 is 2.64 bits per heavy atom. The van der Waals surface area contributed by atoms with E-state index in [9.17, 15) is 4.79 Å². The van der Waals surface area contributed by atoms with Crippen LogP contribution in [0.3, 0.4) is 0 Å². The van der Waals surface area contributed by atoms with Gasteiger partial charge < -0.3 is 10.6 Å². The summed E-state index contributed by atoms with van der Waals surface area (Å²) in [5.41, 5.74) is 2.15. The number of nitrogens with one attached hydrogen (secondary N) is 2. The first kappa shape index (κ1) is 16.9. The van der Waals surface area contributed by atoms with Crippen LogP contribution in [0.25, 0.3) is 0 Å². The fourth-order valence-corrected chi connectivity index (χ4v) is 2.51. The SMILES string of the molecule is O=C(Nc1cccc(Cl)c1)c1cc(NCCc2ccccc2)ncn1. The van der Waals surface area contributed by atoms with Crippen molar-refractivity contribution in [2.24, 2.45) is 0 Å². The third kappa shape index (κ3) is 5.02. The van der Waals surface area contributed by atoms with Gasteiger partial charge in [0.2, 0.25) is 0 Å². The Labute approximate surface area is 151 Å². The van der Waals surface area contributed by atoms with Gasteiger partial charge in [-0.25, -0.2) is 9.97 Å². The highest BCUT2D eigenvalue weighted by Gasteiger charge is 2.09. The number of carbonyl (C=O) groups excluding carboxylic acids is 1. The van der Waals surface area contributed by atoms with E-state index in [0.29, 0.717) is 16.5 Å². The maximum atomic E-state index is 12.3. The van der Waals surface area contributed by atoms with Crippen LogP contribution in [0.2, 0.25) is 5.02 Å². The van der Waals surface area contributed by atoms with E-state index in [-0.39, 0.29) is 11.6 Å². The number of rotatable bonds is 6. The molecule has 0 atom stereocenters. The molecule has 0 bridgehead atoms. The summed E-state index contributed by atoms with van der Waals surface area (Å²) >= 11 is 5.92. The van der Waals surface area contributed by atoms with Gasteiger partial charge in [0.05, 0.1) is 0 Å². The second-order valence-corrected chi connectivity index (χ2v) is 5.85. The van der Waals surface area contributed by atoms with Gasteiger partial charge in [-0.15, -0.1) is 0 Å². The van der Waals surface area contributed by atoms with E-state index in [1.807, 2.05) is 18.2 Å². The van der Waals surface area contributed by atoms with Crippen molar-refractivity contribution < 1.29 is 4.79 Å². The van der Waals surface area contributed by atoms with Gasteiger partial charge >= 0.3 is 0 Å². The highest BCUT2D eigenvalue weighted by Crippen LogP contribution is 2.16. The largest absolute Gasteiger partial charge is 0.370 e. The van der Waals surface area contributed by atoms with Gasteiger partial charge in [0, 0.05) is 23.3 Å². The van der Waals surface area contributed by atoms with Crippen molar-refractivity contribution in [2.45, 2.75) is 6.42 Å². The number of anilines is 2. The molecule has 126 valence electrons. The predicted molar refractivity (Wildman–Crippen MR) is 100 cm³/mol. The smallest absolute Gasteiger partial charge is 0.274 e. The first-order valence-electron chi connectivity index (χ1n) is 7.87. The standard InChI is InChI=1S/C19H17ClN4O/c20-15-7-4-8-16(11-15)24-19(25)17-12-18(23-13-22-17)21-10-9-14-5-2-1-3-6-14/h1-8,11-13H,9-10H2,(H,24,25)(H,21,22,23). The Hall–Kier alpha value is -2.92. The third-order valence-corrected chi connectivity index (χ3v) is 3.78. The summed E-state index contributed by atoms with van der Waals surface area (Å²) in [6.45, 7) is 0.719. The van der Waals surface area contributed by atoms with Gasteiger partial charge in [0.15, 0.2) is 0 Å². The second kappa shape index (κ2) is 8.26. The molecule has 3 rings (SSSR count). The minimum Gasteiger partial charge on any atom is -0.370 e. The fourth-order valence-electron chi connectivity index (χ4n) is 2.32. The van der Waals surface area contributed by atoms with E-state index in [4.69, 9.17) is 11.6 Å². The molecule has 0 saturated heterocycles. The molecule has 3 aromatic rings. The number of aromatic nitrogens is 2. The Balaban J connectivity index is 1.59. The zero-order valence-electron chi connectivity index (χ0n) is 13.4. The maximum Gasteiger partial charge on any atom is 0.274 e. The van der Waals surface area contributed by atoms with E-state index in [1.165, 1.54) is 11.9 Å². The number of benzene rings is 2. The molecular weight excluding hydrogens is 336 g/mol. The summed E-state index contributed by atoms with van der Waals surface area (Å²) in [5.74, 6) is 0.304. The normalized spacial score (nSPS) is 10.3. The minimum absolute atomic E-state index is 0.289. The zero-order chi connectivity index (χ0) is 17.5. The van der Waals surface area contributed by atoms with Crippen molar-refractivity contribution in [3.63, 3.8) is 0 Å². The quantitative estimate of drug-likeness (QED) is 0.702. The van der Waals surface area contributed by atoms with Crippen LogP contribution in [0.4, 0.5) is 11.5 Å². The Morgan fingerprint density at radius 2 is 1.84 bits per heavy atom. The molecule has 0 unspecified atom stereocenters. The lowest BCUT2D eigenvalue weighted by atomic mass is 10.1. The number of halogens is 1. The number of amides is 1. The van der Waals surface area contributed by atoms with E-state index in [0.717, 1.165) is 13.0 Å². The van der Waals surface area contributed by atoms with E-state index < -0.39 is 0 Å². The maximum absolute atomic E-state index is 12.3. The summed E-state index contributed by atoms with van der Waals surface area (Å²) in [6, 6.07) is 18.8. The topological polar surface area (TPSA) is 66.9 Å². The van der Waals surface area contributed by atoms with Crippen molar-refractivity contribution in [3.8, 4) is 0 Å². The lowest BCUT2D eigenvalue weighted by molar-refractivity contribution is 0.102. The molecule has 1 aromatic heterocycles. The Kier molecular flexibility index (Phi) is 5.59. The van der Waals surface area contributed by atoms with Crippen LogP contribution in [0.15, 0.2) is 67.0 Å². The van der Waals surface area contributed by atoms with E-state index in [1.54, 1.807) is 30.3 Å². The van der Waals surface area contributed by atoms with E-state index >= 15 is 0 Å². The van der Waals surface area contributed by atoms with Gasteiger partial charge in [-0.1, -0.05) is 48.0 Å². The summed E-state index contributed by atoms with van der Waals surface area (Å²) in [6.07, 6.45) is 2.24. The van der Waals surface area contributed by atoms with Crippen LogP contribution in [0.1, 0.15) is 16.1 Å². The Bertz CT molecular complexity index is 855.